The van der Waals surface area contributed by atoms with E-state index < -0.39 is 0 Å². The van der Waals surface area contributed by atoms with Gasteiger partial charge in [-0.05, 0) is 49.9 Å². The SMILES string of the molecule is CC(CC(=O)NCCc1nc2cc(F)ccc2n1C)C1CCNCC1. The number of fused-ring (bicyclic) bond motifs is 1. The van der Waals surface area contributed by atoms with Crippen molar-refractivity contribution >= 4 is 16.9 Å². The largest absolute Gasteiger partial charge is 0.356 e. The maximum Gasteiger partial charge on any atom is 0.220 e. The van der Waals surface area contributed by atoms with Crippen molar-refractivity contribution in [3.63, 3.8) is 0 Å². The zero-order valence-corrected chi connectivity index (χ0v) is 15.0. The van der Waals surface area contributed by atoms with E-state index in [1.54, 1.807) is 6.07 Å². The van der Waals surface area contributed by atoms with Crippen LogP contribution in [0.5, 0.6) is 0 Å². The normalized spacial score (nSPS) is 16.9. The first-order valence-electron chi connectivity index (χ1n) is 9.13. The van der Waals surface area contributed by atoms with Gasteiger partial charge in [0.1, 0.15) is 11.6 Å². The van der Waals surface area contributed by atoms with Gasteiger partial charge in [0.05, 0.1) is 11.0 Å². The Hall–Kier alpha value is -1.95. The van der Waals surface area contributed by atoms with Crippen molar-refractivity contribution in [2.24, 2.45) is 18.9 Å². The fourth-order valence-corrected chi connectivity index (χ4v) is 3.70. The Labute approximate surface area is 148 Å². The molecule has 1 aliphatic heterocycles. The highest BCUT2D eigenvalue weighted by molar-refractivity contribution is 5.77. The molecule has 5 nitrogen and oxygen atoms in total. The number of hydrogen-bond acceptors (Lipinski definition) is 3. The molecule has 0 radical (unpaired) electrons. The topological polar surface area (TPSA) is 59.0 Å². The zero-order chi connectivity index (χ0) is 17.8. The summed E-state index contributed by atoms with van der Waals surface area (Å²) in [5.41, 5.74) is 1.56. The molecule has 0 bridgehead atoms. The van der Waals surface area contributed by atoms with Crippen LogP contribution in [0.15, 0.2) is 18.2 Å². The number of carbonyl (C=O) groups is 1. The first-order chi connectivity index (χ1) is 12.0. The van der Waals surface area contributed by atoms with E-state index in [1.807, 2.05) is 11.6 Å². The molecule has 1 fully saturated rings. The lowest BCUT2D eigenvalue weighted by Gasteiger charge is -2.27. The van der Waals surface area contributed by atoms with E-state index in [-0.39, 0.29) is 11.7 Å². The quantitative estimate of drug-likeness (QED) is 0.844. The average molecular weight is 346 g/mol. The minimum absolute atomic E-state index is 0.107. The van der Waals surface area contributed by atoms with Gasteiger partial charge in [0.25, 0.3) is 0 Å². The van der Waals surface area contributed by atoms with Crippen molar-refractivity contribution in [2.45, 2.75) is 32.6 Å². The second kappa shape index (κ2) is 7.95. The first-order valence-corrected chi connectivity index (χ1v) is 9.13. The van der Waals surface area contributed by atoms with Crippen LogP contribution in [0, 0.1) is 17.7 Å². The summed E-state index contributed by atoms with van der Waals surface area (Å²) >= 11 is 0. The minimum atomic E-state index is -0.280. The number of hydrogen-bond donors (Lipinski definition) is 2. The van der Waals surface area contributed by atoms with E-state index in [2.05, 4.69) is 22.5 Å². The fourth-order valence-electron chi connectivity index (χ4n) is 3.70. The van der Waals surface area contributed by atoms with Crippen LogP contribution in [0.1, 0.15) is 32.0 Å². The number of amides is 1. The van der Waals surface area contributed by atoms with E-state index in [4.69, 9.17) is 0 Å². The molecule has 1 aliphatic rings. The molecule has 1 unspecified atom stereocenters. The fraction of sp³-hybridized carbons (Fsp3) is 0.579. The Morgan fingerprint density at radius 1 is 1.44 bits per heavy atom. The molecule has 1 aromatic heterocycles. The van der Waals surface area contributed by atoms with Gasteiger partial charge in [-0.15, -0.1) is 0 Å². The van der Waals surface area contributed by atoms with Gasteiger partial charge >= 0.3 is 0 Å². The number of rotatable bonds is 6. The van der Waals surface area contributed by atoms with Gasteiger partial charge in [-0.2, -0.15) is 0 Å². The molecule has 1 atom stereocenters. The molecular formula is C19H27FN4O. The van der Waals surface area contributed by atoms with E-state index in [1.165, 1.54) is 12.1 Å². The summed E-state index contributed by atoms with van der Waals surface area (Å²) in [7, 11) is 1.92. The molecule has 1 saturated heterocycles. The van der Waals surface area contributed by atoms with Crippen molar-refractivity contribution in [2.75, 3.05) is 19.6 Å². The third-order valence-electron chi connectivity index (χ3n) is 5.30. The van der Waals surface area contributed by atoms with Crippen LogP contribution >= 0.6 is 0 Å². The summed E-state index contributed by atoms with van der Waals surface area (Å²) in [6, 6.07) is 4.62. The Morgan fingerprint density at radius 3 is 2.96 bits per heavy atom. The van der Waals surface area contributed by atoms with E-state index in [0.29, 0.717) is 36.7 Å². The van der Waals surface area contributed by atoms with Crippen LogP contribution in [-0.4, -0.2) is 35.1 Å². The molecule has 0 saturated carbocycles. The molecule has 2 heterocycles. The Balaban J connectivity index is 1.49. The Morgan fingerprint density at radius 2 is 2.20 bits per heavy atom. The highest BCUT2D eigenvalue weighted by atomic mass is 19.1. The second-order valence-corrected chi connectivity index (χ2v) is 7.09. The lowest BCUT2D eigenvalue weighted by Crippen LogP contribution is -2.34. The number of nitrogens with one attached hydrogen (secondary N) is 2. The van der Waals surface area contributed by atoms with Gasteiger partial charge in [-0.3, -0.25) is 4.79 Å². The van der Waals surface area contributed by atoms with Crippen molar-refractivity contribution in [3.05, 3.63) is 29.8 Å². The Kier molecular flexibility index (Phi) is 5.68. The van der Waals surface area contributed by atoms with E-state index in [9.17, 15) is 9.18 Å². The van der Waals surface area contributed by atoms with Gasteiger partial charge in [0.15, 0.2) is 0 Å². The summed E-state index contributed by atoms with van der Waals surface area (Å²) in [5, 5.41) is 6.36. The lowest BCUT2D eigenvalue weighted by atomic mass is 9.84. The average Bonchev–Trinajstić information content (AvgIpc) is 2.91. The summed E-state index contributed by atoms with van der Waals surface area (Å²) in [6.07, 6.45) is 3.54. The smallest absolute Gasteiger partial charge is 0.220 e. The Bertz CT molecular complexity index is 736. The summed E-state index contributed by atoms with van der Waals surface area (Å²) in [6.45, 7) is 4.85. The van der Waals surface area contributed by atoms with Crippen molar-refractivity contribution in [3.8, 4) is 0 Å². The maximum atomic E-state index is 13.3. The summed E-state index contributed by atoms with van der Waals surface area (Å²) in [4.78, 5) is 16.7. The molecule has 0 spiro atoms. The monoisotopic (exact) mass is 346 g/mol. The molecule has 136 valence electrons. The number of aromatic nitrogens is 2. The highest BCUT2D eigenvalue weighted by Gasteiger charge is 2.21. The van der Waals surface area contributed by atoms with Crippen LogP contribution in [-0.2, 0) is 18.3 Å². The number of carbonyl (C=O) groups excluding carboxylic acids is 1. The maximum absolute atomic E-state index is 13.3. The summed E-state index contributed by atoms with van der Waals surface area (Å²) in [5.74, 6) is 1.74. The van der Waals surface area contributed by atoms with Gasteiger partial charge in [-0.25, -0.2) is 9.37 Å². The number of nitrogens with zero attached hydrogens (tertiary/aromatic N) is 2. The molecule has 2 N–H and O–H groups in total. The second-order valence-electron chi connectivity index (χ2n) is 7.09. The van der Waals surface area contributed by atoms with Crippen LogP contribution in [0.2, 0.25) is 0 Å². The van der Waals surface area contributed by atoms with Crippen LogP contribution < -0.4 is 10.6 Å². The standard InChI is InChI=1S/C19H27FN4O/c1-13(14-5-8-21-9-6-14)11-19(25)22-10-7-18-23-16-12-15(20)3-4-17(16)24(18)2/h3-4,12-14,21H,5-11H2,1-2H3,(H,22,25). The van der Waals surface area contributed by atoms with Gasteiger partial charge in [0.2, 0.25) is 5.91 Å². The molecule has 2 aromatic rings. The number of imidazole rings is 1. The summed E-state index contributed by atoms with van der Waals surface area (Å²) < 4.78 is 15.3. The number of piperidine rings is 1. The first kappa shape index (κ1) is 17.9. The van der Waals surface area contributed by atoms with Crippen LogP contribution in [0.3, 0.4) is 0 Å². The van der Waals surface area contributed by atoms with E-state index >= 15 is 0 Å². The molecule has 1 aromatic carbocycles. The van der Waals surface area contributed by atoms with Crippen LogP contribution in [0.25, 0.3) is 11.0 Å². The van der Waals surface area contributed by atoms with Crippen molar-refractivity contribution < 1.29 is 9.18 Å². The minimum Gasteiger partial charge on any atom is -0.356 e. The lowest BCUT2D eigenvalue weighted by molar-refractivity contribution is -0.122. The molecule has 6 heteroatoms. The predicted molar refractivity (Wildman–Crippen MR) is 96.8 cm³/mol. The van der Waals surface area contributed by atoms with Gasteiger partial charge in [-0.1, -0.05) is 6.92 Å². The molecular weight excluding hydrogens is 319 g/mol. The third-order valence-corrected chi connectivity index (χ3v) is 5.30. The predicted octanol–water partition coefficient (Wildman–Crippen LogP) is 2.40. The molecule has 3 rings (SSSR count). The number of halogens is 1. The molecule has 0 aliphatic carbocycles. The molecule has 25 heavy (non-hydrogen) atoms. The van der Waals surface area contributed by atoms with E-state index in [0.717, 1.165) is 37.3 Å². The zero-order valence-electron chi connectivity index (χ0n) is 15.0. The molecule has 1 amide bonds. The van der Waals surface area contributed by atoms with Crippen LogP contribution in [0.4, 0.5) is 4.39 Å². The third kappa shape index (κ3) is 4.37. The number of aryl methyl sites for hydroxylation is 1. The van der Waals surface area contributed by atoms with Crippen molar-refractivity contribution in [1.82, 2.24) is 20.2 Å². The highest BCUT2D eigenvalue weighted by Crippen LogP contribution is 2.24. The number of benzene rings is 1. The van der Waals surface area contributed by atoms with Crippen molar-refractivity contribution in [1.29, 1.82) is 0 Å². The van der Waals surface area contributed by atoms with Gasteiger partial charge in [0, 0.05) is 32.5 Å². The van der Waals surface area contributed by atoms with Gasteiger partial charge < -0.3 is 15.2 Å².